The lowest BCUT2D eigenvalue weighted by Gasteiger charge is -2.21. The third-order valence-electron chi connectivity index (χ3n) is 3.66. The summed E-state index contributed by atoms with van der Waals surface area (Å²) in [6.45, 7) is 4.23. The average Bonchev–Trinajstić information content (AvgIpc) is 2.89. The van der Waals surface area contributed by atoms with E-state index in [2.05, 4.69) is 39.2 Å². The van der Waals surface area contributed by atoms with Crippen LogP contribution in [-0.2, 0) is 6.42 Å². The molecule has 0 spiro atoms. The van der Waals surface area contributed by atoms with Gasteiger partial charge in [-0.15, -0.1) is 11.3 Å². The molecule has 0 saturated carbocycles. The first-order valence-corrected chi connectivity index (χ1v) is 8.70. The molecule has 1 aliphatic rings. The highest BCUT2D eigenvalue weighted by atomic mass is 79.9. The maximum absolute atomic E-state index is 4.91. The number of hydrogen-bond acceptors (Lipinski definition) is 4. The minimum absolute atomic E-state index is 0.573. The highest BCUT2D eigenvalue weighted by molar-refractivity contribution is 9.10. The number of nitrogens with zero attached hydrogens (tertiary/aromatic N) is 2. The Morgan fingerprint density at radius 3 is 3.15 bits per heavy atom. The molecule has 0 amide bonds. The summed E-state index contributed by atoms with van der Waals surface area (Å²) < 4.78 is 1.01. The molecule has 0 aliphatic heterocycles. The third kappa shape index (κ3) is 2.95. The molecule has 1 unspecified atom stereocenters. The molecule has 2 aromatic heterocycles. The predicted octanol–water partition coefficient (Wildman–Crippen LogP) is 4.00. The minimum Gasteiger partial charge on any atom is -0.316 e. The summed E-state index contributed by atoms with van der Waals surface area (Å²) >= 11 is 5.32. The van der Waals surface area contributed by atoms with Gasteiger partial charge in [0.05, 0.1) is 5.69 Å². The van der Waals surface area contributed by atoms with Gasteiger partial charge in [0, 0.05) is 39.8 Å². The van der Waals surface area contributed by atoms with Crippen molar-refractivity contribution in [3.63, 3.8) is 0 Å². The number of likely N-dealkylation sites (N-methyl/N-ethyl adjacent to an activating group) is 1. The lowest BCUT2D eigenvalue weighted by atomic mass is 9.91. The summed E-state index contributed by atoms with van der Waals surface area (Å²) in [6, 6.07) is 2.09. The van der Waals surface area contributed by atoms with Crippen molar-refractivity contribution >= 4 is 27.3 Å². The predicted molar refractivity (Wildman–Crippen MR) is 87.3 cm³/mol. The largest absolute Gasteiger partial charge is 0.316 e. The smallest absolute Gasteiger partial charge is 0.125 e. The molecule has 0 bridgehead atoms. The Morgan fingerprint density at radius 2 is 2.35 bits per heavy atom. The highest BCUT2D eigenvalue weighted by Gasteiger charge is 2.24. The van der Waals surface area contributed by atoms with E-state index < -0.39 is 0 Å². The van der Waals surface area contributed by atoms with Gasteiger partial charge in [-0.05, 0) is 47.8 Å². The van der Waals surface area contributed by atoms with E-state index in [1.165, 1.54) is 29.8 Å². The van der Waals surface area contributed by atoms with Crippen LogP contribution in [0.4, 0.5) is 0 Å². The van der Waals surface area contributed by atoms with Crippen LogP contribution in [0.3, 0.4) is 0 Å². The zero-order valence-electron chi connectivity index (χ0n) is 11.5. The molecule has 0 aromatic carbocycles. The molecule has 0 fully saturated rings. The van der Waals surface area contributed by atoms with Gasteiger partial charge in [-0.1, -0.05) is 6.92 Å². The Hall–Kier alpha value is -0.780. The Bertz CT molecular complexity index is 597. The first-order valence-electron chi connectivity index (χ1n) is 7.09. The summed E-state index contributed by atoms with van der Waals surface area (Å²) in [4.78, 5) is 10.6. The zero-order chi connectivity index (χ0) is 13.9. The monoisotopic (exact) mass is 351 g/mol. The molecule has 2 aromatic rings. The van der Waals surface area contributed by atoms with Crippen molar-refractivity contribution in [3.8, 4) is 10.6 Å². The van der Waals surface area contributed by atoms with E-state index in [-0.39, 0.29) is 0 Å². The number of nitrogens with one attached hydrogen (secondary N) is 1. The van der Waals surface area contributed by atoms with Gasteiger partial charge in [-0.2, -0.15) is 0 Å². The molecule has 0 saturated heterocycles. The number of aryl methyl sites for hydroxylation is 1. The van der Waals surface area contributed by atoms with E-state index in [1.807, 2.05) is 23.7 Å². The Labute approximate surface area is 132 Å². The molecule has 3 nitrogen and oxygen atoms in total. The second-order valence-corrected chi connectivity index (χ2v) is 7.12. The Balaban J connectivity index is 1.91. The molecule has 5 heteroatoms. The summed E-state index contributed by atoms with van der Waals surface area (Å²) in [5.41, 5.74) is 2.43. The molecule has 3 rings (SSSR count). The Kier molecular flexibility index (Phi) is 4.48. The van der Waals surface area contributed by atoms with Crippen molar-refractivity contribution in [2.45, 2.75) is 32.1 Å². The van der Waals surface area contributed by atoms with E-state index in [0.717, 1.165) is 28.1 Å². The number of aromatic nitrogens is 2. The van der Waals surface area contributed by atoms with E-state index in [1.54, 1.807) is 0 Å². The van der Waals surface area contributed by atoms with Crippen molar-refractivity contribution in [1.29, 1.82) is 0 Å². The lowest BCUT2D eigenvalue weighted by molar-refractivity contribution is 0.509. The van der Waals surface area contributed by atoms with Crippen molar-refractivity contribution in [2.75, 3.05) is 13.1 Å². The van der Waals surface area contributed by atoms with Crippen molar-refractivity contribution in [2.24, 2.45) is 0 Å². The van der Waals surface area contributed by atoms with E-state index in [4.69, 9.17) is 4.98 Å². The van der Waals surface area contributed by atoms with Crippen LogP contribution >= 0.6 is 27.3 Å². The normalized spacial score (nSPS) is 18.0. The summed E-state index contributed by atoms with van der Waals surface area (Å²) in [5.74, 6) is 0.573. The second-order valence-electron chi connectivity index (χ2n) is 5.12. The number of fused-ring (bicyclic) bond motifs is 1. The van der Waals surface area contributed by atoms with E-state index in [9.17, 15) is 0 Å². The summed E-state index contributed by atoms with van der Waals surface area (Å²) in [7, 11) is 0. The molecular formula is C15H18BrN3S. The second kappa shape index (κ2) is 6.33. The van der Waals surface area contributed by atoms with Crippen LogP contribution in [0, 0.1) is 0 Å². The fourth-order valence-corrected chi connectivity index (χ4v) is 4.21. The van der Waals surface area contributed by atoms with Crippen LogP contribution in [0.2, 0.25) is 0 Å². The molecular weight excluding hydrogens is 334 g/mol. The van der Waals surface area contributed by atoms with Gasteiger partial charge in [0.1, 0.15) is 5.01 Å². The maximum Gasteiger partial charge on any atom is 0.125 e. The van der Waals surface area contributed by atoms with Crippen LogP contribution in [0.5, 0.6) is 0 Å². The van der Waals surface area contributed by atoms with Crippen molar-refractivity contribution in [1.82, 2.24) is 15.3 Å². The number of halogens is 1. The maximum atomic E-state index is 4.91. The standard InChI is InChI=1S/C15H18BrN3S/c1-2-17-7-10-4-3-5-13-14(10)19-15(20-13)11-6-12(16)9-18-8-11/h6,8-10,17H,2-5,7H2,1H3. The van der Waals surface area contributed by atoms with Gasteiger partial charge < -0.3 is 5.32 Å². The quantitative estimate of drug-likeness (QED) is 0.904. The fourth-order valence-electron chi connectivity index (χ4n) is 2.68. The minimum atomic E-state index is 0.573. The first-order chi connectivity index (χ1) is 9.78. The highest BCUT2D eigenvalue weighted by Crippen LogP contribution is 2.38. The topological polar surface area (TPSA) is 37.8 Å². The van der Waals surface area contributed by atoms with Gasteiger partial charge >= 0.3 is 0 Å². The molecule has 1 atom stereocenters. The van der Waals surface area contributed by atoms with Crippen molar-refractivity contribution < 1.29 is 0 Å². The van der Waals surface area contributed by atoms with Crippen LogP contribution in [0.1, 0.15) is 36.3 Å². The molecule has 106 valence electrons. The third-order valence-corrected chi connectivity index (χ3v) is 5.28. The average molecular weight is 352 g/mol. The Morgan fingerprint density at radius 1 is 1.45 bits per heavy atom. The van der Waals surface area contributed by atoms with Gasteiger partial charge in [0.25, 0.3) is 0 Å². The molecule has 0 radical (unpaired) electrons. The van der Waals surface area contributed by atoms with Gasteiger partial charge in [0.15, 0.2) is 0 Å². The number of pyridine rings is 1. The fraction of sp³-hybridized carbons (Fsp3) is 0.467. The lowest BCUT2D eigenvalue weighted by Crippen LogP contribution is -2.23. The van der Waals surface area contributed by atoms with E-state index >= 15 is 0 Å². The van der Waals surface area contributed by atoms with Gasteiger partial charge in [0.2, 0.25) is 0 Å². The van der Waals surface area contributed by atoms with Crippen molar-refractivity contribution in [3.05, 3.63) is 33.5 Å². The first kappa shape index (κ1) is 14.2. The number of hydrogen-bond donors (Lipinski definition) is 1. The SMILES string of the molecule is CCNCC1CCCc2sc(-c3cncc(Br)c3)nc21. The number of thiazole rings is 1. The van der Waals surface area contributed by atoms with Crippen LogP contribution in [0.25, 0.3) is 10.6 Å². The summed E-state index contributed by atoms with van der Waals surface area (Å²) in [5, 5.41) is 4.57. The van der Waals surface area contributed by atoms with Gasteiger partial charge in [-0.25, -0.2) is 4.98 Å². The molecule has 1 aliphatic carbocycles. The van der Waals surface area contributed by atoms with Crippen LogP contribution < -0.4 is 5.32 Å². The van der Waals surface area contributed by atoms with Crippen LogP contribution in [-0.4, -0.2) is 23.1 Å². The molecule has 20 heavy (non-hydrogen) atoms. The zero-order valence-corrected chi connectivity index (χ0v) is 13.9. The van der Waals surface area contributed by atoms with Gasteiger partial charge in [-0.3, -0.25) is 4.98 Å². The number of rotatable bonds is 4. The van der Waals surface area contributed by atoms with E-state index in [0.29, 0.717) is 5.92 Å². The summed E-state index contributed by atoms with van der Waals surface area (Å²) in [6.07, 6.45) is 7.41. The molecule has 2 heterocycles. The van der Waals surface area contributed by atoms with Crippen LogP contribution in [0.15, 0.2) is 22.9 Å². The molecule has 1 N–H and O–H groups in total.